The summed E-state index contributed by atoms with van der Waals surface area (Å²) in [4.78, 5) is 26.7. The Labute approximate surface area is 222 Å². The fourth-order valence-corrected chi connectivity index (χ4v) is 5.52. The number of imide groups is 1. The molecule has 4 rings (SSSR count). The third-order valence-electron chi connectivity index (χ3n) is 4.57. The average Bonchev–Trinajstić information content (AvgIpc) is 3.01. The number of hydrogen-bond donors (Lipinski definition) is 0. The van der Waals surface area contributed by atoms with E-state index in [4.69, 9.17) is 51.1 Å². The highest BCUT2D eigenvalue weighted by molar-refractivity contribution is 9.10. The van der Waals surface area contributed by atoms with Crippen LogP contribution >= 0.6 is 74.1 Å². The minimum Gasteiger partial charge on any atom is -0.486 e. The number of amides is 2. The van der Waals surface area contributed by atoms with Crippen LogP contribution in [0.15, 0.2) is 64.0 Å². The molecule has 1 fully saturated rings. The van der Waals surface area contributed by atoms with Gasteiger partial charge in [0.25, 0.3) is 11.1 Å². The first kappa shape index (κ1) is 24.5. The Bertz CT molecular complexity index is 1290. The lowest BCUT2D eigenvalue weighted by molar-refractivity contribution is -0.113. The first-order valence-corrected chi connectivity index (χ1v) is 12.4. The van der Waals surface area contributed by atoms with Crippen molar-refractivity contribution in [2.24, 2.45) is 0 Å². The highest BCUT2D eigenvalue weighted by Gasteiger charge is 2.36. The average molecular weight is 604 g/mol. The van der Waals surface area contributed by atoms with Crippen molar-refractivity contribution in [1.29, 1.82) is 0 Å². The predicted octanol–water partition coefficient (Wildman–Crippen LogP) is 8.88. The molecule has 0 unspecified atom stereocenters. The predicted molar refractivity (Wildman–Crippen MR) is 140 cm³/mol. The highest BCUT2D eigenvalue weighted by atomic mass is 79.9. The molecule has 1 aliphatic rings. The van der Waals surface area contributed by atoms with E-state index in [1.54, 1.807) is 60.7 Å². The first-order valence-electron chi connectivity index (χ1n) is 9.32. The smallest absolute Gasteiger partial charge is 0.298 e. The Morgan fingerprint density at radius 2 is 1.70 bits per heavy atom. The number of halogens is 5. The van der Waals surface area contributed by atoms with Crippen LogP contribution in [0.4, 0.5) is 10.5 Å². The van der Waals surface area contributed by atoms with Crippen molar-refractivity contribution in [1.82, 2.24) is 0 Å². The van der Waals surface area contributed by atoms with E-state index in [1.807, 2.05) is 0 Å². The number of rotatable bonds is 5. The molecule has 2 amide bonds. The van der Waals surface area contributed by atoms with E-state index in [0.717, 1.165) is 22.2 Å². The van der Waals surface area contributed by atoms with Gasteiger partial charge in [0.2, 0.25) is 0 Å². The molecule has 10 heteroatoms. The van der Waals surface area contributed by atoms with Gasteiger partial charge >= 0.3 is 0 Å². The summed E-state index contributed by atoms with van der Waals surface area (Å²) >= 11 is 28.9. The molecule has 0 bridgehead atoms. The van der Waals surface area contributed by atoms with E-state index < -0.39 is 11.1 Å². The SMILES string of the molecule is O=C1S/C(=C/c2cc(Cl)c(OCc3ccc(Cl)cc3Cl)c(Br)c2)C(=O)N1c1cccc(Cl)c1. The molecule has 0 radical (unpaired) electrons. The van der Waals surface area contributed by atoms with Gasteiger partial charge in [-0.2, -0.15) is 0 Å². The molecule has 33 heavy (non-hydrogen) atoms. The summed E-state index contributed by atoms with van der Waals surface area (Å²) in [5, 5.41) is 1.38. The van der Waals surface area contributed by atoms with E-state index in [2.05, 4.69) is 15.9 Å². The van der Waals surface area contributed by atoms with Crippen molar-refractivity contribution in [3.8, 4) is 5.75 Å². The van der Waals surface area contributed by atoms with Crippen molar-refractivity contribution >= 4 is 97.0 Å². The lowest BCUT2D eigenvalue weighted by Gasteiger charge is -2.13. The second-order valence-electron chi connectivity index (χ2n) is 6.84. The molecule has 3 aromatic carbocycles. The van der Waals surface area contributed by atoms with E-state index in [0.29, 0.717) is 41.6 Å². The fourth-order valence-electron chi connectivity index (χ4n) is 3.05. The van der Waals surface area contributed by atoms with Gasteiger partial charge in [0.05, 0.1) is 20.1 Å². The van der Waals surface area contributed by atoms with Crippen LogP contribution in [0.1, 0.15) is 11.1 Å². The Balaban J connectivity index is 1.55. The summed E-state index contributed by atoms with van der Waals surface area (Å²) in [7, 11) is 0. The minimum atomic E-state index is -0.433. The molecule has 0 spiro atoms. The zero-order valence-electron chi connectivity index (χ0n) is 16.5. The summed E-state index contributed by atoms with van der Waals surface area (Å²) in [6.45, 7) is 0.187. The van der Waals surface area contributed by atoms with Crippen LogP contribution in [0.2, 0.25) is 20.1 Å². The molecular weight excluding hydrogens is 592 g/mol. The second kappa shape index (κ2) is 10.3. The van der Waals surface area contributed by atoms with Gasteiger partial charge < -0.3 is 4.74 Å². The maximum Gasteiger partial charge on any atom is 0.298 e. The Hall–Kier alpha value is -1.67. The lowest BCUT2D eigenvalue weighted by atomic mass is 10.2. The molecule has 168 valence electrons. The third kappa shape index (κ3) is 5.53. The molecule has 0 saturated carbocycles. The van der Waals surface area contributed by atoms with Gasteiger partial charge in [-0.25, -0.2) is 4.90 Å². The van der Waals surface area contributed by atoms with Gasteiger partial charge in [0.1, 0.15) is 6.61 Å². The van der Waals surface area contributed by atoms with Crippen LogP contribution in [-0.4, -0.2) is 11.1 Å². The van der Waals surface area contributed by atoms with Crippen molar-refractivity contribution in [2.75, 3.05) is 4.90 Å². The first-order chi connectivity index (χ1) is 15.7. The van der Waals surface area contributed by atoms with Gasteiger partial charge in [-0.05, 0) is 81.8 Å². The molecule has 3 aromatic rings. The van der Waals surface area contributed by atoms with Crippen LogP contribution in [0.3, 0.4) is 0 Å². The number of anilines is 1. The van der Waals surface area contributed by atoms with E-state index in [9.17, 15) is 9.59 Å². The summed E-state index contributed by atoms with van der Waals surface area (Å²) in [5.41, 5.74) is 1.79. The van der Waals surface area contributed by atoms with Crippen molar-refractivity contribution < 1.29 is 14.3 Å². The van der Waals surface area contributed by atoms with E-state index in [-0.39, 0.29) is 11.5 Å². The van der Waals surface area contributed by atoms with Gasteiger partial charge in [0.15, 0.2) is 5.75 Å². The van der Waals surface area contributed by atoms with Crippen LogP contribution in [0.25, 0.3) is 6.08 Å². The van der Waals surface area contributed by atoms with Crippen LogP contribution in [-0.2, 0) is 11.4 Å². The number of hydrogen-bond acceptors (Lipinski definition) is 4. The maximum atomic E-state index is 12.9. The largest absolute Gasteiger partial charge is 0.486 e. The molecule has 0 aromatic heterocycles. The molecule has 4 nitrogen and oxygen atoms in total. The molecule has 1 saturated heterocycles. The Kier molecular flexibility index (Phi) is 7.63. The monoisotopic (exact) mass is 601 g/mol. The molecule has 0 aliphatic carbocycles. The van der Waals surface area contributed by atoms with Crippen LogP contribution < -0.4 is 9.64 Å². The number of carbonyl (C=O) groups is 2. The normalized spacial score (nSPS) is 14.9. The summed E-state index contributed by atoms with van der Waals surface area (Å²) in [6.07, 6.45) is 1.60. The van der Waals surface area contributed by atoms with Crippen molar-refractivity contribution in [3.05, 3.63) is 95.2 Å². The molecule has 0 atom stereocenters. The molecular formula is C23H12BrCl4NO3S. The minimum absolute atomic E-state index is 0.187. The van der Waals surface area contributed by atoms with Crippen LogP contribution in [0.5, 0.6) is 5.75 Å². The molecule has 1 heterocycles. The molecule has 0 N–H and O–H groups in total. The standard InChI is InChI=1S/C23H12BrCl4NO3S/c24-17-6-12(7-19(28)21(17)32-11-13-4-5-15(26)10-18(13)27)8-20-22(30)29(23(31)33-20)16-3-1-2-14(25)9-16/h1-10H,11H2/b20-8+. The Morgan fingerprint density at radius 3 is 2.39 bits per heavy atom. The quantitative estimate of drug-likeness (QED) is 0.273. The lowest BCUT2D eigenvalue weighted by Crippen LogP contribution is -2.27. The van der Waals surface area contributed by atoms with Crippen molar-refractivity contribution in [2.45, 2.75) is 6.61 Å². The fraction of sp³-hybridized carbons (Fsp3) is 0.0435. The summed E-state index contributed by atoms with van der Waals surface area (Å²) in [5.74, 6) is -0.0101. The van der Waals surface area contributed by atoms with Gasteiger partial charge in [-0.1, -0.05) is 58.5 Å². The number of thioether (sulfide) groups is 1. The van der Waals surface area contributed by atoms with Crippen LogP contribution in [0, 0.1) is 0 Å². The van der Waals surface area contributed by atoms with Gasteiger partial charge in [-0.15, -0.1) is 0 Å². The number of nitrogens with zero attached hydrogens (tertiary/aromatic N) is 1. The van der Waals surface area contributed by atoms with E-state index in [1.165, 1.54) is 0 Å². The third-order valence-corrected chi connectivity index (χ3v) is 7.13. The highest BCUT2D eigenvalue weighted by Crippen LogP contribution is 2.39. The zero-order valence-corrected chi connectivity index (χ0v) is 21.9. The van der Waals surface area contributed by atoms with Gasteiger partial charge in [-0.3, -0.25) is 9.59 Å². The number of ether oxygens (including phenoxy) is 1. The Morgan fingerprint density at radius 1 is 0.939 bits per heavy atom. The topological polar surface area (TPSA) is 46.6 Å². The van der Waals surface area contributed by atoms with E-state index >= 15 is 0 Å². The molecule has 1 aliphatic heterocycles. The summed E-state index contributed by atoms with van der Waals surface area (Å²) in [6, 6.07) is 15.1. The zero-order chi connectivity index (χ0) is 23.7. The second-order valence-corrected chi connectivity index (χ2v) is 10.4. The number of benzene rings is 3. The maximum absolute atomic E-state index is 12.9. The number of carbonyl (C=O) groups excluding carboxylic acids is 2. The van der Waals surface area contributed by atoms with Gasteiger partial charge in [0, 0.05) is 20.6 Å². The summed E-state index contributed by atoms with van der Waals surface area (Å²) < 4.78 is 6.43. The van der Waals surface area contributed by atoms with Crippen molar-refractivity contribution in [3.63, 3.8) is 0 Å².